The van der Waals surface area contributed by atoms with Gasteiger partial charge < -0.3 is 14.3 Å². The summed E-state index contributed by atoms with van der Waals surface area (Å²) < 4.78 is 11.6. The Hall–Kier alpha value is -3.78. The van der Waals surface area contributed by atoms with Crippen molar-refractivity contribution >= 4 is 33.1 Å². The Morgan fingerprint density at radius 3 is 2.67 bits per heavy atom. The third-order valence-corrected chi connectivity index (χ3v) is 5.57. The van der Waals surface area contributed by atoms with E-state index in [0.29, 0.717) is 23.9 Å². The fourth-order valence-electron chi connectivity index (χ4n) is 3.00. The van der Waals surface area contributed by atoms with Gasteiger partial charge in [-0.3, -0.25) is 4.79 Å². The topological polar surface area (TPSA) is 94.0 Å². The van der Waals surface area contributed by atoms with E-state index in [0.717, 1.165) is 26.5 Å². The normalized spacial score (nSPS) is 11.1. The van der Waals surface area contributed by atoms with Gasteiger partial charge in [0.2, 0.25) is 17.6 Å². The van der Waals surface area contributed by atoms with E-state index in [1.54, 1.807) is 29.7 Å². The number of para-hydroxylation sites is 1. The Morgan fingerprint density at radius 1 is 1.00 bits per heavy atom. The Morgan fingerprint density at radius 2 is 1.87 bits per heavy atom. The molecule has 0 fully saturated rings. The van der Waals surface area contributed by atoms with E-state index >= 15 is 0 Å². The van der Waals surface area contributed by atoms with Crippen molar-refractivity contribution in [2.45, 2.75) is 12.8 Å². The molecule has 1 amide bonds. The van der Waals surface area contributed by atoms with Crippen molar-refractivity contribution in [1.29, 1.82) is 0 Å². The second kappa shape index (κ2) is 7.92. The number of rotatable bonds is 6. The molecule has 7 nitrogen and oxygen atoms in total. The SMILES string of the molecule is O=C(CCc1nc(-c2ccco2)no1)Nc1ccc(-c2nc3ccccc3s2)cc1. The first-order chi connectivity index (χ1) is 14.7. The van der Waals surface area contributed by atoms with E-state index in [1.807, 2.05) is 42.5 Å². The summed E-state index contributed by atoms with van der Waals surface area (Å²) in [5.74, 6) is 1.17. The highest BCUT2D eigenvalue weighted by atomic mass is 32.1. The van der Waals surface area contributed by atoms with Gasteiger partial charge in [0.1, 0.15) is 5.01 Å². The number of furan rings is 1. The molecule has 0 bridgehead atoms. The number of amides is 1. The number of aromatic nitrogens is 3. The molecular weight excluding hydrogens is 400 g/mol. The van der Waals surface area contributed by atoms with E-state index in [-0.39, 0.29) is 12.3 Å². The van der Waals surface area contributed by atoms with Crippen LogP contribution in [-0.2, 0) is 11.2 Å². The third-order valence-electron chi connectivity index (χ3n) is 4.49. The first-order valence-electron chi connectivity index (χ1n) is 9.37. The summed E-state index contributed by atoms with van der Waals surface area (Å²) in [6.45, 7) is 0. The molecular formula is C22H16N4O3S. The summed E-state index contributed by atoms with van der Waals surface area (Å²) >= 11 is 1.65. The van der Waals surface area contributed by atoms with Crippen LogP contribution in [0.15, 0.2) is 75.9 Å². The summed E-state index contributed by atoms with van der Waals surface area (Å²) in [7, 11) is 0. The molecule has 30 heavy (non-hydrogen) atoms. The quantitative estimate of drug-likeness (QED) is 0.410. The van der Waals surface area contributed by atoms with E-state index in [4.69, 9.17) is 8.94 Å². The molecule has 0 radical (unpaired) electrons. The summed E-state index contributed by atoms with van der Waals surface area (Å²) in [6, 6.07) is 19.2. The molecule has 0 aliphatic carbocycles. The molecule has 0 spiro atoms. The molecule has 3 aromatic heterocycles. The van der Waals surface area contributed by atoms with Crippen LogP contribution >= 0.6 is 11.3 Å². The molecule has 148 valence electrons. The van der Waals surface area contributed by atoms with Gasteiger partial charge in [0.05, 0.1) is 16.5 Å². The first-order valence-corrected chi connectivity index (χ1v) is 10.2. The van der Waals surface area contributed by atoms with Crippen LogP contribution in [0.2, 0.25) is 0 Å². The Labute approximate surface area is 175 Å². The van der Waals surface area contributed by atoms with Crippen molar-refractivity contribution in [1.82, 2.24) is 15.1 Å². The van der Waals surface area contributed by atoms with Crippen LogP contribution in [0.4, 0.5) is 5.69 Å². The number of anilines is 1. The molecule has 8 heteroatoms. The van der Waals surface area contributed by atoms with E-state index in [1.165, 1.54) is 0 Å². The van der Waals surface area contributed by atoms with Crippen molar-refractivity contribution in [3.05, 3.63) is 72.8 Å². The summed E-state index contributed by atoms with van der Waals surface area (Å²) in [5, 5.41) is 7.70. The van der Waals surface area contributed by atoms with Crippen LogP contribution in [-0.4, -0.2) is 21.0 Å². The monoisotopic (exact) mass is 416 g/mol. The fraction of sp³-hybridized carbons (Fsp3) is 0.0909. The Balaban J connectivity index is 1.19. The molecule has 0 atom stereocenters. The lowest BCUT2D eigenvalue weighted by atomic mass is 10.2. The highest BCUT2D eigenvalue weighted by Crippen LogP contribution is 2.30. The van der Waals surface area contributed by atoms with Gasteiger partial charge in [-0.2, -0.15) is 4.98 Å². The number of benzene rings is 2. The summed E-state index contributed by atoms with van der Waals surface area (Å²) in [5.41, 5.74) is 2.74. The number of thiazole rings is 1. The average Bonchev–Trinajstić information content (AvgIpc) is 3.53. The lowest BCUT2D eigenvalue weighted by molar-refractivity contribution is -0.116. The van der Waals surface area contributed by atoms with Gasteiger partial charge in [-0.25, -0.2) is 4.98 Å². The van der Waals surface area contributed by atoms with Gasteiger partial charge in [-0.15, -0.1) is 11.3 Å². The zero-order chi connectivity index (χ0) is 20.3. The van der Waals surface area contributed by atoms with Crippen LogP contribution in [0.5, 0.6) is 0 Å². The predicted molar refractivity (Wildman–Crippen MR) is 114 cm³/mol. The molecule has 3 heterocycles. The zero-order valence-electron chi connectivity index (χ0n) is 15.7. The Kier molecular flexibility index (Phi) is 4.82. The molecule has 0 unspecified atom stereocenters. The van der Waals surface area contributed by atoms with Gasteiger partial charge in [0.25, 0.3) is 0 Å². The Bertz CT molecular complexity index is 1260. The lowest BCUT2D eigenvalue weighted by Gasteiger charge is -2.05. The number of carbonyl (C=O) groups excluding carboxylic acids is 1. The zero-order valence-corrected chi connectivity index (χ0v) is 16.6. The minimum absolute atomic E-state index is 0.125. The average molecular weight is 416 g/mol. The van der Waals surface area contributed by atoms with Crippen molar-refractivity contribution in [2.24, 2.45) is 0 Å². The summed E-state index contributed by atoms with van der Waals surface area (Å²) in [4.78, 5) is 21.2. The van der Waals surface area contributed by atoms with Crippen LogP contribution < -0.4 is 5.32 Å². The highest BCUT2D eigenvalue weighted by molar-refractivity contribution is 7.21. The standard InChI is InChI=1S/C22H16N4O3S/c27-19(11-12-20-25-21(26-29-20)17-5-3-13-28-17)23-15-9-7-14(8-10-15)22-24-16-4-1-2-6-18(16)30-22/h1-10,13H,11-12H2,(H,23,27). The molecule has 1 N–H and O–H groups in total. The van der Waals surface area contributed by atoms with Gasteiger partial charge in [-0.05, 0) is 48.5 Å². The molecule has 5 rings (SSSR count). The van der Waals surface area contributed by atoms with E-state index in [9.17, 15) is 4.79 Å². The van der Waals surface area contributed by atoms with Crippen molar-refractivity contribution in [2.75, 3.05) is 5.32 Å². The second-order valence-corrected chi connectivity index (χ2v) is 7.63. The van der Waals surface area contributed by atoms with Crippen molar-refractivity contribution in [3.63, 3.8) is 0 Å². The smallest absolute Gasteiger partial charge is 0.238 e. The van der Waals surface area contributed by atoms with Crippen molar-refractivity contribution < 1.29 is 13.7 Å². The van der Waals surface area contributed by atoms with Crippen LogP contribution in [0.3, 0.4) is 0 Å². The van der Waals surface area contributed by atoms with Gasteiger partial charge in [0.15, 0.2) is 5.76 Å². The maximum atomic E-state index is 12.3. The number of hydrogen-bond donors (Lipinski definition) is 1. The minimum atomic E-state index is -0.125. The second-order valence-electron chi connectivity index (χ2n) is 6.60. The maximum absolute atomic E-state index is 12.3. The minimum Gasteiger partial charge on any atom is -0.461 e. The van der Waals surface area contributed by atoms with Crippen molar-refractivity contribution in [3.8, 4) is 22.2 Å². The first kappa shape index (κ1) is 18.3. The molecule has 0 aliphatic heterocycles. The van der Waals surface area contributed by atoms with E-state index < -0.39 is 0 Å². The number of hydrogen-bond acceptors (Lipinski definition) is 7. The summed E-state index contributed by atoms with van der Waals surface area (Å²) in [6.07, 6.45) is 2.13. The molecule has 0 aliphatic rings. The number of nitrogens with one attached hydrogen (secondary N) is 1. The maximum Gasteiger partial charge on any atom is 0.238 e. The predicted octanol–water partition coefficient (Wildman–Crippen LogP) is 5.18. The molecule has 0 saturated heterocycles. The largest absolute Gasteiger partial charge is 0.461 e. The van der Waals surface area contributed by atoms with Crippen LogP contribution in [0, 0.1) is 0 Å². The number of carbonyl (C=O) groups is 1. The lowest BCUT2D eigenvalue weighted by Crippen LogP contribution is -2.12. The number of nitrogens with zero attached hydrogens (tertiary/aromatic N) is 3. The molecule has 2 aromatic carbocycles. The molecule has 0 saturated carbocycles. The van der Waals surface area contributed by atoms with Gasteiger partial charge >= 0.3 is 0 Å². The third kappa shape index (κ3) is 3.85. The highest BCUT2D eigenvalue weighted by Gasteiger charge is 2.13. The number of fused-ring (bicyclic) bond motifs is 1. The van der Waals surface area contributed by atoms with Crippen LogP contribution in [0.25, 0.3) is 32.4 Å². The fourth-order valence-corrected chi connectivity index (χ4v) is 3.97. The van der Waals surface area contributed by atoms with E-state index in [2.05, 4.69) is 26.5 Å². The number of aryl methyl sites for hydroxylation is 1. The van der Waals surface area contributed by atoms with Gasteiger partial charge in [-0.1, -0.05) is 17.3 Å². The van der Waals surface area contributed by atoms with Crippen LogP contribution in [0.1, 0.15) is 12.3 Å². The van der Waals surface area contributed by atoms with Gasteiger partial charge in [0, 0.05) is 24.1 Å². The molecule has 5 aromatic rings.